The highest BCUT2D eigenvalue weighted by molar-refractivity contribution is 5.03. The Hall–Kier alpha value is -0.0800. The lowest BCUT2D eigenvalue weighted by Gasteiger charge is -2.16. The van der Waals surface area contributed by atoms with Crippen LogP contribution in [0.1, 0.15) is 33.6 Å². The first-order valence-corrected chi connectivity index (χ1v) is 4.97. The highest BCUT2D eigenvalue weighted by atomic mass is 16.5. The molecule has 12 heavy (non-hydrogen) atoms. The molecule has 0 aromatic heterocycles. The largest absolute Gasteiger partial charge is 0.377 e. The van der Waals surface area contributed by atoms with Crippen molar-refractivity contribution in [3.8, 4) is 0 Å². The molecule has 0 bridgehead atoms. The molecule has 2 rings (SSSR count). The Labute approximate surface area is 74.7 Å². The van der Waals surface area contributed by atoms with E-state index < -0.39 is 0 Å². The summed E-state index contributed by atoms with van der Waals surface area (Å²) in [6, 6.07) is 1.35. The van der Waals surface area contributed by atoms with Crippen LogP contribution >= 0.6 is 0 Å². The first-order valence-electron chi connectivity index (χ1n) is 4.97. The lowest BCUT2D eigenvalue weighted by molar-refractivity contribution is 0.112. The summed E-state index contributed by atoms with van der Waals surface area (Å²) in [6.07, 6.45) is 2.94. The van der Waals surface area contributed by atoms with Crippen LogP contribution in [0.15, 0.2) is 0 Å². The molecule has 0 aromatic carbocycles. The van der Waals surface area contributed by atoms with E-state index in [1.807, 2.05) is 0 Å². The van der Waals surface area contributed by atoms with Crippen molar-refractivity contribution in [2.45, 2.75) is 51.8 Å². The van der Waals surface area contributed by atoms with E-state index >= 15 is 0 Å². The topological polar surface area (TPSA) is 21.3 Å². The lowest BCUT2D eigenvalue weighted by atomic mass is 10.1. The van der Waals surface area contributed by atoms with Gasteiger partial charge < -0.3 is 10.1 Å². The summed E-state index contributed by atoms with van der Waals surface area (Å²) in [6.45, 7) is 7.75. The van der Waals surface area contributed by atoms with Gasteiger partial charge in [0.1, 0.15) is 0 Å². The molecule has 3 unspecified atom stereocenters. The molecule has 0 spiro atoms. The molecular weight excluding hydrogens is 150 g/mol. The van der Waals surface area contributed by atoms with Crippen LogP contribution in [0.4, 0.5) is 0 Å². The van der Waals surface area contributed by atoms with Crippen molar-refractivity contribution in [2.75, 3.05) is 6.61 Å². The number of hydrogen-bond acceptors (Lipinski definition) is 2. The van der Waals surface area contributed by atoms with Crippen molar-refractivity contribution >= 4 is 0 Å². The predicted molar refractivity (Wildman–Crippen MR) is 49.1 cm³/mol. The average molecular weight is 169 g/mol. The van der Waals surface area contributed by atoms with E-state index in [9.17, 15) is 0 Å². The van der Waals surface area contributed by atoms with Gasteiger partial charge in [-0.2, -0.15) is 0 Å². The van der Waals surface area contributed by atoms with Crippen molar-refractivity contribution in [1.82, 2.24) is 5.32 Å². The standard InChI is InChI=1S/C10H19NO/c1-7-8(4-5-12-7)11-9-6-10(9,2)3/h7-9,11H,4-6H2,1-3H3. The lowest BCUT2D eigenvalue weighted by Crippen LogP contribution is -2.37. The van der Waals surface area contributed by atoms with Crippen LogP contribution in [0.5, 0.6) is 0 Å². The summed E-state index contributed by atoms with van der Waals surface area (Å²) in [5.41, 5.74) is 0.544. The van der Waals surface area contributed by atoms with Crippen LogP contribution in [0.2, 0.25) is 0 Å². The predicted octanol–water partition coefficient (Wildman–Crippen LogP) is 1.55. The van der Waals surface area contributed by atoms with Crippen LogP contribution in [0.3, 0.4) is 0 Å². The third-order valence-corrected chi connectivity index (χ3v) is 3.30. The van der Waals surface area contributed by atoms with Gasteiger partial charge in [0, 0.05) is 18.7 Å². The fourth-order valence-electron chi connectivity index (χ4n) is 1.96. The third-order valence-electron chi connectivity index (χ3n) is 3.30. The van der Waals surface area contributed by atoms with E-state index in [0.717, 1.165) is 12.6 Å². The van der Waals surface area contributed by atoms with Crippen molar-refractivity contribution in [3.05, 3.63) is 0 Å². The van der Waals surface area contributed by atoms with Gasteiger partial charge in [-0.1, -0.05) is 13.8 Å². The van der Waals surface area contributed by atoms with Gasteiger partial charge in [0.15, 0.2) is 0 Å². The van der Waals surface area contributed by atoms with Crippen molar-refractivity contribution in [2.24, 2.45) is 5.41 Å². The first-order chi connectivity index (χ1) is 5.59. The molecule has 3 atom stereocenters. The molecule has 0 amide bonds. The fourth-order valence-corrected chi connectivity index (χ4v) is 1.96. The van der Waals surface area contributed by atoms with Gasteiger partial charge in [-0.3, -0.25) is 0 Å². The quantitative estimate of drug-likeness (QED) is 0.677. The molecular formula is C10H19NO. The summed E-state index contributed by atoms with van der Waals surface area (Å²) >= 11 is 0. The molecule has 0 radical (unpaired) electrons. The van der Waals surface area contributed by atoms with E-state index in [4.69, 9.17) is 4.74 Å². The highest BCUT2D eigenvalue weighted by Crippen LogP contribution is 2.45. The molecule has 2 fully saturated rings. The van der Waals surface area contributed by atoms with Gasteiger partial charge in [-0.15, -0.1) is 0 Å². The minimum absolute atomic E-state index is 0.418. The zero-order valence-corrected chi connectivity index (χ0v) is 8.26. The summed E-state index contributed by atoms with van der Waals surface area (Å²) < 4.78 is 5.50. The SMILES string of the molecule is CC1OCCC1NC1CC1(C)C. The molecule has 2 aliphatic rings. The summed E-state index contributed by atoms with van der Waals surface area (Å²) in [7, 11) is 0. The van der Waals surface area contributed by atoms with E-state index in [1.165, 1.54) is 12.8 Å². The highest BCUT2D eigenvalue weighted by Gasteiger charge is 2.47. The zero-order chi connectivity index (χ0) is 8.77. The van der Waals surface area contributed by atoms with E-state index in [2.05, 4.69) is 26.1 Å². The Kier molecular flexibility index (Phi) is 1.92. The van der Waals surface area contributed by atoms with Crippen LogP contribution in [0.25, 0.3) is 0 Å². The van der Waals surface area contributed by atoms with Gasteiger partial charge in [0.2, 0.25) is 0 Å². The second kappa shape index (κ2) is 2.71. The maximum atomic E-state index is 5.50. The van der Waals surface area contributed by atoms with E-state index in [1.54, 1.807) is 0 Å². The molecule has 0 aromatic rings. The Morgan fingerprint density at radius 3 is 2.50 bits per heavy atom. The second-order valence-electron chi connectivity index (χ2n) is 4.88. The first kappa shape index (κ1) is 8.52. The number of rotatable bonds is 2. The molecule has 2 heteroatoms. The average Bonchev–Trinajstić information content (AvgIpc) is 2.39. The monoisotopic (exact) mass is 169 g/mol. The van der Waals surface area contributed by atoms with Gasteiger partial charge in [-0.25, -0.2) is 0 Å². The fraction of sp³-hybridized carbons (Fsp3) is 1.00. The van der Waals surface area contributed by atoms with Crippen LogP contribution in [0, 0.1) is 5.41 Å². The van der Waals surface area contributed by atoms with Gasteiger partial charge >= 0.3 is 0 Å². The second-order valence-corrected chi connectivity index (χ2v) is 4.88. The Bertz CT molecular complexity index is 179. The third kappa shape index (κ3) is 1.50. The van der Waals surface area contributed by atoms with Gasteiger partial charge in [0.25, 0.3) is 0 Å². The maximum absolute atomic E-state index is 5.50. The molecule has 1 saturated heterocycles. The number of hydrogen-bond donors (Lipinski definition) is 1. The molecule has 1 N–H and O–H groups in total. The molecule has 1 aliphatic carbocycles. The van der Waals surface area contributed by atoms with Crippen molar-refractivity contribution < 1.29 is 4.74 Å². The number of ether oxygens (including phenoxy) is 1. The Morgan fingerprint density at radius 2 is 2.08 bits per heavy atom. The zero-order valence-electron chi connectivity index (χ0n) is 8.26. The number of nitrogens with one attached hydrogen (secondary N) is 1. The van der Waals surface area contributed by atoms with Gasteiger partial charge in [0.05, 0.1) is 6.10 Å². The Morgan fingerprint density at radius 1 is 1.42 bits per heavy atom. The molecule has 1 heterocycles. The van der Waals surface area contributed by atoms with Gasteiger partial charge in [-0.05, 0) is 25.2 Å². The summed E-state index contributed by atoms with van der Waals surface area (Å²) in [4.78, 5) is 0. The minimum atomic E-state index is 0.418. The van der Waals surface area contributed by atoms with E-state index in [0.29, 0.717) is 17.6 Å². The maximum Gasteiger partial charge on any atom is 0.0700 e. The smallest absolute Gasteiger partial charge is 0.0700 e. The molecule has 2 nitrogen and oxygen atoms in total. The molecule has 1 aliphatic heterocycles. The normalized spacial score (nSPS) is 44.8. The van der Waals surface area contributed by atoms with E-state index in [-0.39, 0.29) is 0 Å². The minimum Gasteiger partial charge on any atom is -0.377 e. The van der Waals surface area contributed by atoms with Crippen LogP contribution in [-0.2, 0) is 4.74 Å². The Balaban J connectivity index is 1.80. The van der Waals surface area contributed by atoms with Crippen LogP contribution in [-0.4, -0.2) is 24.8 Å². The summed E-state index contributed by atoms with van der Waals surface area (Å²) in [5.74, 6) is 0. The van der Waals surface area contributed by atoms with Crippen molar-refractivity contribution in [3.63, 3.8) is 0 Å². The summed E-state index contributed by atoms with van der Waals surface area (Å²) in [5, 5.41) is 3.67. The van der Waals surface area contributed by atoms with Crippen molar-refractivity contribution in [1.29, 1.82) is 0 Å². The molecule has 70 valence electrons. The molecule has 1 saturated carbocycles. The van der Waals surface area contributed by atoms with Crippen LogP contribution < -0.4 is 5.32 Å².